The summed E-state index contributed by atoms with van der Waals surface area (Å²) in [4.78, 5) is 48.1. The highest BCUT2D eigenvalue weighted by Gasteiger charge is 2.36. The van der Waals surface area contributed by atoms with Crippen LogP contribution < -0.4 is 4.74 Å². The van der Waals surface area contributed by atoms with E-state index in [1.807, 2.05) is 0 Å². The molecule has 1 aliphatic rings. The number of esters is 2. The molecule has 8 nitrogen and oxygen atoms in total. The maximum Gasteiger partial charge on any atom is 0.343 e. The van der Waals surface area contributed by atoms with Crippen LogP contribution in [-0.4, -0.2) is 54.4 Å². The third kappa shape index (κ3) is 5.85. The molecule has 2 amide bonds. The van der Waals surface area contributed by atoms with Crippen molar-refractivity contribution in [3.05, 3.63) is 34.7 Å². The van der Waals surface area contributed by atoms with Gasteiger partial charge in [-0.2, -0.15) is 0 Å². The lowest BCUT2D eigenvalue weighted by molar-refractivity contribution is -0.149. The van der Waals surface area contributed by atoms with Crippen molar-refractivity contribution in [3.8, 4) is 5.75 Å². The van der Waals surface area contributed by atoms with Gasteiger partial charge < -0.3 is 14.2 Å². The number of carbonyl (C=O) groups is 4. The molecule has 1 heterocycles. The molecule has 0 aliphatic carbocycles. The fourth-order valence-corrected chi connectivity index (χ4v) is 2.92. The van der Waals surface area contributed by atoms with Crippen molar-refractivity contribution >= 4 is 40.9 Å². The Morgan fingerprint density at radius 3 is 2.41 bits per heavy atom. The Labute approximate surface area is 160 Å². The Kier molecular flexibility index (Phi) is 7.00. The molecule has 1 saturated heterocycles. The van der Waals surface area contributed by atoms with E-state index in [4.69, 9.17) is 9.47 Å². The summed E-state index contributed by atoms with van der Waals surface area (Å²) >= 11 is 0.757. The van der Waals surface area contributed by atoms with E-state index in [0.29, 0.717) is 11.3 Å². The van der Waals surface area contributed by atoms with Crippen LogP contribution in [0.5, 0.6) is 5.75 Å². The topological polar surface area (TPSA) is 99.2 Å². The first-order valence-electron chi connectivity index (χ1n) is 8.04. The minimum atomic E-state index is -0.638. The van der Waals surface area contributed by atoms with Crippen LogP contribution in [0.1, 0.15) is 19.4 Å². The summed E-state index contributed by atoms with van der Waals surface area (Å²) in [5.74, 6) is -1.22. The minimum absolute atomic E-state index is 0.207. The molecule has 0 bridgehead atoms. The van der Waals surface area contributed by atoms with Crippen LogP contribution in [0.2, 0.25) is 0 Å². The van der Waals surface area contributed by atoms with Gasteiger partial charge in [-0.15, -0.1) is 0 Å². The van der Waals surface area contributed by atoms with Crippen molar-refractivity contribution in [3.63, 3.8) is 0 Å². The van der Waals surface area contributed by atoms with Gasteiger partial charge in [-0.05, 0) is 49.4 Å². The molecule has 1 aromatic carbocycles. The van der Waals surface area contributed by atoms with E-state index in [1.165, 1.54) is 7.11 Å². The normalized spacial score (nSPS) is 15.4. The molecular weight excluding hydrogens is 374 g/mol. The number of methoxy groups -OCH3 is 1. The average Bonchev–Trinajstić information content (AvgIpc) is 2.87. The van der Waals surface area contributed by atoms with E-state index in [9.17, 15) is 19.2 Å². The average molecular weight is 393 g/mol. The maximum absolute atomic E-state index is 12.4. The number of ether oxygens (including phenoxy) is 3. The number of nitrogens with zero attached hydrogens (tertiary/aromatic N) is 1. The van der Waals surface area contributed by atoms with Crippen LogP contribution in [0, 0.1) is 0 Å². The second-order valence-corrected chi connectivity index (χ2v) is 6.73. The van der Waals surface area contributed by atoms with Crippen LogP contribution in [0.15, 0.2) is 29.2 Å². The molecule has 0 unspecified atom stereocenters. The maximum atomic E-state index is 12.4. The summed E-state index contributed by atoms with van der Waals surface area (Å²) in [5, 5.41) is -0.523. The first kappa shape index (κ1) is 20.5. The molecule has 9 heteroatoms. The van der Waals surface area contributed by atoms with Crippen LogP contribution >= 0.6 is 11.8 Å². The molecule has 1 aromatic rings. The molecule has 0 aromatic heterocycles. The zero-order valence-electron chi connectivity index (χ0n) is 15.1. The molecule has 0 N–H and O–H groups in total. The van der Waals surface area contributed by atoms with Gasteiger partial charge in [0.25, 0.3) is 11.1 Å². The highest BCUT2D eigenvalue weighted by Crippen LogP contribution is 2.32. The highest BCUT2D eigenvalue weighted by atomic mass is 32.2. The first-order chi connectivity index (χ1) is 12.8. The third-order valence-electron chi connectivity index (χ3n) is 3.29. The largest absolute Gasteiger partial charge is 0.482 e. The summed E-state index contributed by atoms with van der Waals surface area (Å²) in [6, 6.07) is 6.60. The lowest BCUT2D eigenvalue weighted by atomic mass is 10.2. The van der Waals surface area contributed by atoms with Crippen LogP contribution in [0.3, 0.4) is 0 Å². The van der Waals surface area contributed by atoms with Crippen molar-refractivity contribution in [1.82, 2.24) is 4.90 Å². The van der Waals surface area contributed by atoms with E-state index in [1.54, 1.807) is 44.2 Å². The van der Waals surface area contributed by atoms with Crippen molar-refractivity contribution < 1.29 is 33.4 Å². The summed E-state index contributed by atoms with van der Waals surface area (Å²) in [6.45, 7) is 2.75. The Morgan fingerprint density at radius 1 is 1.15 bits per heavy atom. The predicted molar refractivity (Wildman–Crippen MR) is 97.9 cm³/mol. The number of rotatable bonds is 7. The number of amides is 2. The van der Waals surface area contributed by atoms with Crippen molar-refractivity contribution in [1.29, 1.82) is 0 Å². The lowest BCUT2D eigenvalue weighted by Gasteiger charge is -2.13. The second-order valence-electron chi connectivity index (χ2n) is 5.74. The molecule has 144 valence electrons. The molecule has 1 aliphatic heterocycles. The van der Waals surface area contributed by atoms with Gasteiger partial charge in [0.15, 0.2) is 6.61 Å². The fourth-order valence-electron chi connectivity index (χ4n) is 2.08. The summed E-state index contributed by atoms with van der Waals surface area (Å²) < 4.78 is 14.7. The van der Waals surface area contributed by atoms with Crippen molar-refractivity contribution in [2.75, 3.05) is 20.3 Å². The van der Waals surface area contributed by atoms with E-state index in [-0.39, 0.29) is 17.6 Å². The van der Waals surface area contributed by atoms with E-state index in [2.05, 4.69) is 4.74 Å². The number of benzene rings is 1. The Morgan fingerprint density at radius 2 is 1.81 bits per heavy atom. The Balaban J connectivity index is 2.02. The molecule has 27 heavy (non-hydrogen) atoms. The molecule has 1 fully saturated rings. The van der Waals surface area contributed by atoms with Crippen LogP contribution in [0.4, 0.5) is 4.79 Å². The molecule has 0 radical (unpaired) electrons. The third-order valence-corrected chi connectivity index (χ3v) is 4.20. The Bertz CT molecular complexity index is 770. The van der Waals surface area contributed by atoms with Gasteiger partial charge >= 0.3 is 11.9 Å². The zero-order valence-corrected chi connectivity index (χ0v) is 15.9. The molecule has 0 saturated carbocycles. The van der Waals surface area contributed by atoms with E-state index >= 15 is 0 Å². The SMILES string of the molecule is COC(=O)COc1ccc(/C=C2/SC(=O)N(CC(=O)OC(C)C)C2=O)cc1. The van der Waals surface area contributed by atoms with E-state index in [0.717, 1.165) is 16.7 Å². The number of thioether (sulfide) groups is 1. The van der Waals surface area contributed by atoms with Gasteiger partial charge in [-0.1, -0.05) is 12.1 Å². The first-order valence-corrected chi connectivity index (χ1v) is 8.86. The van der Waals surface area contributed by atoms with Gasteiger partial charge in [0.2, 0.25) is 0 Å². The number of hydrogen-bond acceptors (Lipinski definition) is 8. The molecule has 0 spiro atoms. The van der Waals surface area contributed by atoms with Crippen molar-refractivity contribution in [2.24, 2.45) is 0 Å². The van der Waals surface area contributed by atoms with Gasteiger partial charge in [-0.3, -0.25) is 19.3 Å². The quantitative estimate of drug-likeness (QED) is 0.514. The highest BCUT2D eigenvalue weighted by molar-refractivity contribution is 8.18. The van der Waals surface area contributed by atoms with Gasteiger partial charge in [0.1, 0.15) is 12.3 Å². The van der Waals surface area contributed by atoms with Crippen LogP contribution in [-0.2, 0) is 23.9 Å². The Hall–Kier alpha value is -2.81. The number of imide groups is 1. The van der Waals surface area contributed by atoms with Gasteiger partial charge in [0.05, 0.1) is 18.1 Å². The van der Waals surface area contributed by atoms with Crippen LogP contribution in [0.25, 0.3) is 6.08 Å². The lowest BCUT2D eigenvalue weighted by Crippen LogP contribution is -2.35. The predicted octanol–water partition coefficient (Wildman–Crippen LogP) is 2.23. The summed E-state index contributed by atoms with van der Waals surface area (Å²) in [5.41, 5.74) is 0.663. The smallest absolute Gasteiger partial charge is 0.343 e. The number of carbonyl (C=O) groups excluding carboxylic acids is 4. The standard InChI is InChI=1S/C18H19NO7S/c1-11(2)26-15(20)9-19-17(22)14(27-18(19)23)8-12-4-6-13(7-5-12)25-10-16(21)24-3/h4-8,11H,9-10H2,1-3H3/b14-8+. The monoisotopic (exact) mass is 393 g/mol. The van der Waals surface area contributed by atoms with Gasteiger partial charge in [0, 0.05) is 0 Å². The fraction of sp³-hybridized carbons (Fsp3) is 0.333. The number of hydrogen-bond donors (Lipinski definition) is 0. The summed E-state index contributed by atoms with van der Waals surface area (Å²) in [6.07, 6.45) is 1.22. The van der Waals surface area contributed by atoms with E-state index < -0.39 is 29.6 Å². The molecule has 0 atom stereocenters. The molecular formula is C18H19NO7S. The second kappa shape index (κ2) is 9.22. The van der Waals surface area contributed by atoms with Gasteiger partial charge in [-0.25, -0.2) is 4.79 Å². The minimum Gasteiger partial charge on any atom is -0.482 e. The molecule has 2 rings (SSSR count). The summed E-state index contributed by atoms with van der Waals surface area (Å²) in [7, 11) is 1.27. The zero-order chi connectivity index (χ0) is 20.0. The van der Waals surface area contributed by atoms with Crippen molar-refractivity contribution in [2.45, 2.75) is 20.0 Å².